The first-order chi connectivity index (χ1) is 13.1. The lowest BCUT2D eigenvalue weighted by molar-refractivity contribution is -0.133. The molecule has 2 heterocycles. The van der Waals surface area contributed by atoms with Gasteiger partial charge >= 0.3 is 0 Å². The fourth-order valence-corrected chi connectivity index (χ4v) is 3.81. The zero-order valence-corrected chi connectivity index (χ0v) is 16.5. The summed E-state index contributed by atoms with van der Waals surface area (Å²) in [5.41, 5.74) is 0.842. The van der Waals surface area contributed by atoms with Gasteiger partial charge in [0.15, 0.2) is 0 Å². The number of carbonyl (C=O) groups excluding carboxylic acids is 2. The second kappa shape index (κ2) is 9.90. The standard InChI is InChI=1S/C21H28ClN3O2/c22-19-8-4-3-7-18(19)9-10-20(26)25-15-13-23(14-16-25)17-21(27)24-11-5-1-2-6-12-24/h3-4,7-10H,1-2,5-6,11-17H2/b10-9+. The van der Waals surface area contributed by atoms with Gasteiger partial charge in [0.05, 0.1) is 6.54 Å². The van der Waals surface area contributed by atoms with Gasteiger partial charge in [-0.05, 0) is 30.5 Å². The number of amides is 2. The number of rotatable bonds is 4. The number of halogens is 1. The zero-order valence-electron chi connectivity index (χ0n) is 15.8. The third kappa shape index (κ3) is 5.81. The van der Waals surface area contributed by atoms with Gasteiger partial charge in [0.25, 0.3) is 0 Å². The Morgan fingerprint density at radius 2 is 1.56 bits per heavy atom. The predicted octanol–water partition coefficient (Wildman–Crippen LogP) is 2.90. The van der Waals surface area contributed by atoms with Crippen LogP contribution in [0.15, 0.2) is 30.3 Å². The Morgan fingerprint density at radius 1 is 0.889 bits per heavy atom. The van der Waals surface area contributed by atoms with Crippen LogP contribution < -0.4 is 0 Å². The summed E-state index contributed by atoms with van der Waals surface area (Å²) in [4.78, 5) is 30.9. The SMILES string of the molecule is O=C(/C=C/c1ccccc1Cl)N1CCN(CC(=O)N2CCCCCC2)CC1. The van der Waals surface area contributed by atoms with Gasteiger partial charge in [0, 0.05) is 50.4 Å². The largest absolute Gasteiger partial charge is 0.342 e. The third-order valence-electron chi connectivity index (χ3n) is 5.31. The highest BCUT2D eigenvalue weighted by atomic mass is 35.5. The number of carbonyl (C=O) groups is 2. The molecule has 2 aliphatic heterocycles. The monoisotopic (exact) mass is 389 g/mol. The molecule has 0 spiro atoms. The number of hydrogen-bond donors (Lipinski definition) is 0. The van der Waals surface area contributed by atoms with Crippen molar-refractivity contribution in [3.8, 4) is 0 Å². The summed E-state index contributed by atoms with van der Waals surface area (Å²) in [6.07, 6.45) is 8.04. The molecule has 5 nitrogen and oxygen atoms in total. The van der Waals surface area contributed by atoms with Crippen LogP contribution in [0.3, 0.4) is 0 Å². The Bertz CT molecular complexity index is 676. The van der Waals surface area contributed by atoms with E-state index in [1.54, 1.807) is 12.2 Å². The summed E-state index contributed by atoms with van der Waals surface area (Å²) in [5.74, 6) is 0.226. The second-order valence-corrected chi connectivity index (χ2v) is 7.66. The first kappa shape index (κ1) is 19.9. The molecular weight excluding hydrogens is 362 g/mol. The number of nitrogens with zero attached hydrogens (tertiary/aromatic N) is 3. The van der Waals surface area contributed by atoms with Crippen molar-refractivity contribution in [2.75, 3.05) is 45.8 Å². The number of benzene rings is 1. The molecule has 0 bridgehead atoms. The summed E-state index contributed by atoms with van der Waals surface area (Å²) in [5, 5.41) is 0.637. The molecule has 6 heteroatoms. The van der Waals surface area contributed by atoms with Gasteiger partial charge in [0.1, 0.15) is 0 Å². The van der Waals surface area contributed by atoms with E-state index >= 15 is 0 Å². The highest BCUT2D eigenvalue weighted by Gasteiger charge is 2.23. The van der Waals surface area contributed by atoms with E-state index in [4.69, 9.17) is 11.6 Å². The molecule has 1 aromatic carbocycles. The Morgan fingerprint density at radius 3 is 2.22 bits per heavy atom. The quantitative estimate of drug-likeness (QED) is 0.744. The molecule has 0 N–H and O–H groups in total. The third-order valence-corrected chi connectivity index (χ3v) is 5.66. The van der Waals surface area contributed by atoms with Crippen molar-refractivity contribution in [3.63, 3.8) is 0 Å². The van der Waals surface area contributed by atoms with Crippen LogP contribution in [0.25, 0.3) is 6.08 Å². The average Bonchev–Trinajstić information content (AvgIpc) is 2.97. The van der Waals surface area contributed by atoms with Crippen LogP contribution >= 0.6 is 11.6 Å². The molecule has 0 aromatic heterocycles. The molecule has 0 aliphatic carbocycles. The normalized spacial score (nSPS) is 19.3. The van der Waals surface area contributed by atoms with E-state index in [0.29, 0.717) is 24.7 Å². The molecule has 27 heavy (non-hydrogen) atoms. The molecular formula is C21H28ClN3O2. The lowest BCUT2D eigenvalue weighted by Gasteiger charge is -2.34. The van der Waals surface area contributed by atoms with Crippen LogP contribution in [-0.4, -0.2) is 72.3 Å². The van der Waals surface area contributed by atoms with Crippen molar-refractivity contribution in [1.29, 1.82) is 0 Å². The highest BCUT2D eigenvalue weighted by Crippen LogP contribution is 2.16. The molecule has 0 atom stereocenters. The molecule has 0 radical (unpaired) electrons. The predicted molar refractivity (Wildman–Crippen MR) is 109 cm³/mol. The van der Waals surface area contributed by atoms with Crippen molar-refractivity contribution in [1.82, 2.24) is 14.7 Å². The maximum absolute atomic E-state index is 12.5. The topological polar surface area (TPSA) is 43.9 Å². The lowest BCUT2D eigenvalue weighted by atomic mass is 10.2. The van der Waals surface area contributed by atoms with Gasteiger partial charge in [-0.1, -0.05) is 42.6 Å². The van der Waals surface area contributed by atoms with Crippen molar-refractivity contribution in [3.05, 3.63) is 40.9 Å². The molecule has 0 unspecified atom stereocenters. The fourth-order valence-electron chi connectivity index (χ4n) is 3.61. The van der Waals surface area contributed by atoms with E-state index in [0.717, 1.165) is 44.6 Å². The van der Waals surface area contributed by atoms with Crippen LogP contribution in [0.5, 0.6) is 0 Å². The van der Waals surface area contributed by atoms with Gasteiger partial charge in [-0.15, -0.1) is 0 Å². The van der Waals surface area contributed by atoms with Crippen molar-refractivity contribution in [2.24, 2.45) is 0 Å². The molecule has 2 aliphatic rings. The molecule has 146 valence electrons. The summed E-state index contributed by atoms with van der Waals surface area (Å²) in [7, 11) is 0. The highest BCUT2D eigenvalue weighted by molar-refractivity contribution is 6.32. The second-order valence-electron chi connectivity index (χ2n) is 7.25. The van der Waals surface area contributed by atoms with E-state index in [-0.39, 0.29) is 11.8 Å². The summed E-state index contributed by atoms with van der Waals surface area (Å²) in [6, 6.07) is 7.47. The minimum atomic E-state index is -0.00610. The van der Waals surface area contributed by atoms with Crippen molar-refractivity contribution < 1.29 is 9.59 Å². The van der Waals surface area contributed by atoms with Crippen molar-refractivity contribution >= 4 is 29.5 Å². The first-order valence-corrected chi connectivity index (χ1v) is 10.2. The molecule has 2 saturated heterocycles. The van der Waals surface area contributed by atoms with Gasteiger partial charge in [-0.25, -0.2) is 0 Å². The molecule has 2 fully saturated rings. The van der Waals surface area contributed by atoms with E-state index in [9.17, 15) is 9.59 Å². The molecule has 1 aromatic rings. The number of hydrogen-bond acceptors (Lipinski definition) is 3. The van der Waals surface area contributed by atoms with E-state index in [2.05, 4.69) is 4.90 Å². The summed E-state index contributed by atoms with van der Waals surface area (Å²) in [6.45, 7) is 5.04. The Kier molecular flexibility index (Phi) is 7.30. The Labute approximate surface area is 166 Å². The van der Waals surface area contributed by atoms with Crippen LogP contribution in [-0.2, 0) is 9.59 Å². The Hall–Kier alpha value is -1.85. The maximum Gasteiger partial charge on any atom is 0.246 e. The maximum atomic E-state index is 12.5. The van der Waals surface area contributed by atoms with Gasteiger partial charge in [-0.2, -0.15) is 0 Å². The zero-order chi connectivity index (χ0) is 19.1. The van der Waals surface area contributed by atoms with Gasteiger partial charge in [0.2, 0.25) is 11.8 Å². The van der Waals surface area contributed by atoms with Crippen LogP contribution in [0.1, 0.15) is 31.2 Å². The number of piperazine rings is 1. The summed E-state index contributed by atoms with van der Waals surface area (Å²) < 4.78 is 0. The van der Waals surface area contributed by atoms with E-state index in [1.807, 2.05) is 34.1 Å². The minimum absolute atomic E-state index is 0.00610. The first-order valence-electron chi connectivity index (χ1n) is 9.85. The van der Waals surface area contributed by atoms with Gasteiger partial charge < -0.3 is 9.80 Å². The fraction of sp³-hybridized carbons (Fsp3) is 0.524. The minimum Gasteiger partial charge on any atom is -0.342 e. The van der Waals surface area contributed by atoms with Crippen LogP contribution in [0.4, 0.5) is 0 Å². The number of likely N-dealkylation sites (tertiary alicyclic amines) is 1. The molecule has 0 saturated carbocycles. The summed E-state index contributed by atoms with van der Waals surface area (Å²) >= 11 is 6.12. The Balaban J connectivity index is 1.45. The molecule has 2 amide bonds. The van der Waals surface area contributed by atoms with E-state index < -0.39 is 0 Å². The smallest absolute Gasteiger partial charge is 0.246 e. The lowest BCUT2D eigenvalue weighted by Crippen LogP contribution is -2.51. The van der Waals surface area contributed by atoms with Gasteiger partial charge in [-0.3, -0.25) is 14.5 Å². The van der Waals surface area contributed by atoms with Crippen molar-refractivity contribution in [2.45, 2.75) is 25.7 Å². The van der Waals surface area contributed by atoms with Crippen LogP contribution in [0, 0.1) is 0 Å². The molecule has 3 rings (SSSR count). The average molecular weight is 390 g/mol. The van der Waals surface area contributed by atoms with E-state index in [1.165, 1.54) is 12.8 Å². The van der Waals surface area contributed by atoms with Crippen LogP contribution in [0.2, 0.25) is 5.02 Å².